The first-order valence-corrected chi connectivity index (χ1v) is 7.75. The Morgan fingerprint density at radius 2 is 1.88 bits per heavy atom. The molecule has 1 aliphatic rings. The molecule has 2 rings (SSSR count). The fourth-order valence-electron chi connectivity index (χ4n) is 2.40. The Bertz CT molecular complexity index is 633. The monoisotopic (exact) mass is 348 g/mol. The second-order valence-corrected chi connectivity index (χ2v) is 5.40. The van der Waals surface area contributed by atoms with Gasteiger partial charge in [-0.05, 0) is 5.56 Å². The maximum Gasteiger partial charge on any atom is 0.410 e. The zero-order valence-electron chi connectivity index (χ0n) is 13.7. The lowest BCUT2D eigenvalue weighted by Crippen LogP contribution is -2.59. The number of carbonyl (C=O) groups is 3. The molecule has 1 aromatic carbocycles. The normalized spacial score (nSPS) is 16.9. The second kappa shape index (κ2) is 8.72. The van der Waals surface area contributed by atoms with Crippen molar-refractivity contribution >= 4 is 18.2 Å². The summed E-state index contributed by atoms with van der Waals surface area (Å²) in [7, 11) is 0. The van der Waals surface area contributed by atoms with Gasteiger partial charge in [-0.25, -0.2) is 14.4 Å². The number of carboxylic acid groups (broad SMARTS) is 1. The van der Waals surface area contributed by atoms with Crippen molar-refractivity contribution in [1.82, 2.24) is 9.80 Å². The standard InChI is InChI=1S/C17H20N2O6/c1-2-10-24-16(22)18-8-9-19(14(11-18)15(20)21)17(23)25-12-13-6-4-3-5-7-13/h2-7,14H,1,8-12H2,(H,20,21). The molecule has 0 radical (unpaired) electrons. The van der Waals surface area contributed by atoms with Crippen LogP contribution in [0, 0.1) is 0 Å². The highest BCUT2D eigenvalue weighted by molar-refractivity contribution is 5.81. The van der Waals surface area contributed by atoms with E-state index in [0.29, 0.717) is 0 Å². The van der Waals surface area contributed by atoms with Crippen molar-refractivity contribution in [3.05, 3.63) is 48.6 Å². The molecule has 0 saturated carbocycles. The minimum atomic E-state index is -1.21. The molecule has 0 spiro atoms. The van der Waals surface area contributed by atoms with E-state index < -0.39 is 24.2 Å². The van der Waals surface area contributed by atoms with Crippen molar-refractivity contribution in [2.24, 2.45) is 0 Å². The summed E-state index contributed by atoms with van der Waals surface area (Å²) >= 11 is 0. The molecular formula is C17H20N2O6. The van der Waals surface area contributed by atoms with Crippen LogP contribution in [-0.2, 0) is 20.9 Å². The predicted octanol–water partition coefficient (Wildman–Crippen LogP) is 1.72. The number of aliphatic carboxylic acids is 1. The number of amides is 2. The lowest BCUT2D eigenvalue weighted by atomic mass is 10.2. The number of carbonyl (C=O) groups excluding carboxylic acids is 2. The van der Waals surface area contributed by atoms with E-state index in [-0.39, 0.29) is 32.8 Å². The van der Waals surface area contributed by atoms with E-state index in [1.165, 1.54) is 11.0 Å². The topological polar surface area (TPSA) is 96.4 Å². The quantitative estimate of drug-likeness (QED) is 0.814. The average Bonchev–Trinajstić information content (AvgIpc) is 2.64. The minimum Gasteiger partial charge on any atom is -0.480 e. The Kier molecular flexibility index (Phi) is 6.39. The van der Waals surface area contributed by atoms with Gasteiger partial charge in [-0.1, -0.05) is 43.0 Å². The average molecular weight is 348 g/mol. The predicted molar refractivity (Wildman–Crippen MR) is 87.9 cm³/mol. The summed E-state index contributed by atoms with van der Waals surface area (Å²) < 4.78 is 10.1. The maximum absolute atomic E-state index is 12.2. The molecule has 2 amide bonds. The summed E-state index contributed by atoms with van der Waals surface area (Å²) in [6.07, 6.45) is 0.0582. The van der Waals surface area contributed by atoms with Crippen LogP contribution in [0.25, 0.3) is 0 Å². The van der Waals surface area contributed by atoms with E-state index in [9.17, 15) is 19.5 Å². The van der Waals surface area contributed by atoms with Gasteiger partial charge in [0, 0.05) is 13.1 Å². The molecule has 1 fully saturated rings. The highest BCUT2D eigenvalue weighted by atomic mass is 16.6. The van der Waals surface area contributed by atoms with Crippen molar-refractivity contribution in [2.75, 3.05) is 26.2 Å². The summed E-state index contributed by atoms with van der Waals surface area (Å²) in [4.78, 5) is 37.9. The Morgan fingerprint density at radius 1 is 1.16 bits per heavy atom. The third-order valence-electron chi connectivity index (χ3n) is 3.69. The lowest BCUT2D eigenvalue weighted by molar-refractivity contribution is -0.144. The molecule has 1 heterocycles. The van der Waals surface area contributed by atoms with Gasteiger partial charge in [0.25, 0.3) is 0 Å². The van der Waals surface area contributed by atoms with Gasteiger partial charge >= 0.3 is 18.2 Å². The van der Waals surface area contributed by atoms with Gasteiger partial charge in [0.15, 0.2) is 6.04 Å². The minimum absolute atomic E-state index is 0.0376. The van der Waals surface area contributed by atoms with E-state index in [1.54, 1.807) is 12.1 Å². The highest BCUT2D eigenvalue weighted by Gasteiger charge is 2.38. The fourth-order valence-corrected chi connectivity index (χ4v) is 2.40. The number of ether oxygens (including phenoxy) is 2. The van der Waals surface area contributed by atoms with E-state index in [0.717, 1.165) is 10.5 Å². The number of nitrogens with zero attached hydrogens (tertiary/aromatic N) is 2. The number of hydrogen-bond donors (Lipinski definition) is 1. The molecule has 8 nitrogen and oxygen atoms in total. The molecule has 1 saturated heterocycles. The van der Waals surface area contributed by atoms with Crippen LogP contribution in [0.4, 0.5) is 9.59 Å². The fraction of sp³-hybridized carbons (Fsp3) is 0.353. The smallest absolute Gasteiger partial charge is 0.410 e. The first-order chi connectivity index (χ1) is 12.0. The third-order valence-corrected chi connectivity index (χ3v) is 3.69. The maximum atomic E-state index is 12.2. The summed E-state index contributed by atoms with van der Waals surface area (Å²) in [5.41, 5.74) is 0.800. The van der Waals surface area contributed by atoms with Gasteiger partial charge in [-0.2, -0.15) is 0 Å². The second-order valence-electron chi connectivity index (χ2n) is 5.40. The SMILES string of the molecule is C=CCOC(=O)N1CCN(C(=O)OCc2ccccc2)C(C(=O)O)C1. The summed E-state index contributed by atoms with van der Waals surface area (Å²) in [6, 6.07) is 7.89. The molecule has 1 atom stereocenters. The molecule has 1 aromatic rings. The summed E-state index contributed by atoms with van der Waals surface area (Å²) in [5.74, 6) is -1.21. The molecule has 8 heteroatoms. The van der Waals surface area contributed by atoms with Crippen LogP contribution in [0.5, 0.6) is 0 Å². The van der Waals surface area contributed by atoms with Crippen LogP contribution < -0.4 is 0 Å². The van der Waals surface area contributed by atoms with E-state index in [1.807, 2.05) is 18.2 Å². The van der Waals surface area contributed by atoms with Gasteiger partial charge in [-0.3, -0.25) is 4.90 Å². The van der Waals surface area contributed by atoms with Gasteiger partial charge in [0.2, 0.25) is 0 Å². The van der Waals surface area contributed by atoms with E-state index in [4.69, 9.17) is 9.47 Å². The van der Waals surface area contributed by atoms with Gasteiger partial charge in [0.05, 0.1) is 6.54 Å². The molecule has 134 valence electrons. The van der Waals surface area contributed by atoms with Crippen molar-refractivity contribution in [3.63, 3.8) is 0 Å². The zero-order valence-corrected chi connectivity index (χ0v) is 13.7. The Labute approximate surface area is 145 Å². The van der Waals surface area contributed by atoms with E-state index in [2.05, 4.69) is 6.58 Å². The highest BCUT2D eigenvalue weighted by Crippen LogP contribution is 2.14. The van der Waals surface area contributed by atoms with Crippen molar-refractivity contribution < 1.29 is 29.0 Å². The van der Waals surface area contributed by atoms with E-state index >= 15 is 0 Å². The number of carboxylic acids is 1. The Balaban J connectivity index is 1.95. The molecule has 0 aromatic heterocycles. The molecule has 0 bridgehead atoms. The van der Waals surface area contributed by atoms with Crippen molar-refractivity contribution in [3.8, 4) is 0 Å². The van der Waals surface area contributed by atoms with Crippen LogP contribution in [0.1, 0.15) is 5.56 Å². The number of benzene rings is 1. The number of hydrogen-bond acceptors (Lipinski definition) is 5. The summed E-state index contributed by atoms with van der Waals surface area (Å²) in [6.45, 7) is 3.58. The molecule has 1 unspecified atom stereocenters. The molecule has 1 N–H and O–H groups in total. The van der Waals surface area contributed by atoms with Crippen LogP contribution in [0.2, 0.25) is 0 Å². The van der Waals surface area contributed by atoms with Crippen molar-refractivity contribution in [2.45, 2.75) is 12.6 Å². The zero-order chi connectivity index (χ0) is 18.2. The van der Waals surface area contributed by atoms with Crippen LogP contribution in [0.3, 0.4) is 0 Å². The first kappa shape index (κ1) is 18.3. The largest absolute Gasteiger partial charge is 0.480 e. The molecule has 1 aliphatic heterocycles. The van der Waals surface area contributed by atoms with Gasteiger partial charge in [0.1, 0.15) is 13.2 Å². The Hall–Kier alpha value is -3.03. The number of rotatable bonds is 5. The summed E-state index contributed by atoms with van der Waals surface area (Å²) in [5, 5.41) is 9.37. The molecular weight excluding hydrogens is 328 g/mol. The van der Waals surface area contributed by atoms with Gasteiger partial charge < -0.3 is 19.5 Å². The van der Waals surface area contributed by atoms with Crippen LogP contribution in [-0.4, -0.2) is 65.3 Å². The van der Waals surface area contributed by atoms with Crippen molar-refractivity contribution in [1.29, 1.82) is 0 Å². The van der Waals surface area contributed by atoms with Crippen LogP contribution >= 0.6 is 0 Å². The van der Waals surface area contributed by atoms with Crippen LogP contribution in [0.15, 0.2) is 43.0 Å². The molecule has 0 aliphatic carbocycles. The lowest BCUT2D eigenvalue weighted by Gasteiger charge is -2.37. The Morgan fingerprint density at radius 3 is 2.52 bits per heavy atom. The third kappa shape index (κ3) is 4.97. The molecule has 25 heavy (non-hydrogen) atoms. The van der Waals surface area contributed by atoms with Gasteiger partial charge in [-0.15, -0.1) is 0 Å². The first-order valence-electron chi connectivity index (χ1n) is 7.75. The number of piperazine rings is 1.